The van der Waals surface area contributed by atoms with Crippen molar-refractivity contribution in [2.75, 3.05) is 0 Å². The minimum absolute atomic E-state index is 0.0825. The van der Waals surface area contributed by atoms with Crippen LogP contribution >= 0.6 is 31.9 Å². The summed E-state index contributed by atoms with van der Waals surface area (Å²) in [6.07, 6.45) is 1.43. The summed E-state index contributed by atoms with van der Waals surface area (Å²) >= 11 is 6.68. The first-order valence-electron chi connectivity index (χ1n) is 6.67. The van der Waals surface area contributed by atoms with E-state index in [0.29, 0.717) is 22.3 Å². The predicted molar refractivity (Wildman–Crippen MR) is 97.2 cm³/mol. The van der Waals surface area contributed by atoms with Crippen molar-refractivity contribution in [3.8, 4) is 5.75 Å². The summed E-state index contributed by atoms with van der Waals surface area (Å²) in [4.78, 5) is 17.0. The largest absolute Gasteiger partial charge is 0.507 e. The van der Waals surface area contributed by atoms with E-state index in [1.54, 1.807) is 37.3 Å². The van der Waals surface area contributed by atoms with E-state index in [4.69, 9.17) is 0 Å². The smallest absolute Gasteiger partial charge is 0.282 e. The van der Waals surface area contributed by atoms with Crippen LogP contribution < -0.4 is 5.56 Å². The van der Waals surface area contributed by atoms with Gasteiger partial charge >= 0.3 is 0 Å². The van der Waals surface area contributed by atoms with Gasteiger partial charge in [0.05, 0.1) is 17.1 Å². The molecule has 0 spiro atoms. The van der Waals surface area contributed by atoms with E-state index >= 15 is 0 Å². The van der Waals surface area contributed by atoms with Crippen LogP contribution in [0.4, 0.5) is 0 Å². The lowest BCUT2D eigenvalue weighted by Crippen LogP contribution is -2.20. The summed E-state index contributed by atoms with van der Waals surface area (Å²) in [5.74, 6) is 0.551. The van der Waals surface area contributed by atoms with Crippen LogP contribution in [0.1, 0.15) is 11.4 Å². The molecule has 0 saturated heterocycles. The highest BCUT2D eigenvalue weighted by Crippen LogP contribution is 2.20. The van der Waals surface area contributed by atoms with Crippen molar-refractivity contribution in [2.45, 2.75) is 6.92 Å². The number of hydrogen-bond acceptors (Lipinski definition) is 4. The van der Waals surface area contributed by atoms with Gasteiger partial charge in [-0.15, -0.1) is 0 Å². The van der Waals surface area contributed by atoms with Crippen molar-refractivity contribution < 1.29 is 5.11 Å². The molecule has 1 aromatic heterocycles. The number of benzene rings is 2. The Morgan fingerprint density at radius 3 is 2.65 bits per heavy atom. The number of fused-ring (bicyclic) bond motifs is 1. The van der Waals surface area contributed by atoms with Gasteiger partial charge in [-0.1, -0.05) is 31.9 Å². The molecule has 7 heteroatoms. The Bertz CT molecular complexity index is 997. The number of aromatic nitrogens is 2. The van der Waals surface area contributed by atoms with E-state index in [1.165, 1.54) is 10.9 Å². The maximum Gasteiger partial charge on any atom is 0.282 e. The Kier molecular flexibility index (Phi) is 4.32. The van der Waals surface area contributed by atoms with Crippen molar-refractivity contribution in [2.24, 2.45) is 5.10 Å². The predicted octanol–water partition coefficient (Wildman–Crippen LogP) is 3.82. The summed E-state index contributed by atoms with van der Waals surface area (Å²) in [6, 6.07) is 10.3. The van der Waals surface area contributed by atoms with Crippen LogP contribution in [-0.4, -0.2) is 21.0 Å². The van der Waals surface area contributed by atoms with Crippen molar-refractivity contribution in [3.63, 3.8) is 0 Å². The van der Waals surface area contributed by atoms with E-state index in [2.05, 4.69) is 41.9 Å². The molecule has 2 aromatic carbocycles. The lowest BCUT2D eigenvalue weighted by molar-refractivity contribution is 0.474. The molecule has 0 saturated carbocycles. The molecule has 1 heterocycles. The van der Waals surface area contributed by atoms with Crippen LogP contribution in [0, 0.1) is 6.92 Å². The minimum atomic E-state index is -0.264. The number of aromatic hydroxyl groups is 1. The Balaban J connectivity index is 2.14. The molecule has 3 aromatic rings. The third-order valence-corrected chi connectivity index (χ3v) is 4.26. The van der Waals surface area contributed by atoms with Gasteiger partial charge in [-0.3, -0.25) is 4.79 Å². The average Bonchev–Trinajstić information content (AvgIpc) is 2.51. The normalized spacial score (nSPS) is 11.4. The number of halogens is 2. The number of phenols is 1. The molecule has 5 nitrogen and oxygen atoms in total. The van der Waals surface area contributed by atoms with Gasteiger partial charge in [-0.2, -0.15) is 9.78 Å². The molecule has 0 fully saturated rings. The fraction of sp³-hybridized carbons (Fsp3) is 0.0625. The van der Waals surface area contributed by atoms with Crippen LogP contribution in [0.15, 0.2) is 55.2 Å². The first-order chi connectivity index (χ1) is 11.0. The molecule has 3 rings (SSSR count). The first kappa shape index (κ1) is 15.9. The van der Waals surface area contributed by atoms with Gasteiger partial charge in [0.2, 0.25) is 0 Å². The monoisotopic (exact) mass is 435 g/mol. The molecular weight excluding hydrogens is 426 g/mol. The molecule has 0 aliphatic carbocycles. The molecule has 0 atom stereocenters. The Morgan fingerprint density at radius 1 is 1.17 bits per heavy atom. The summed E-state index contributed by atoms with van der Waals surface area (Å²) in [6.45, 7) is 1.71. The van der Waals surface area contributed by atoms with Crippen molar-refractivity contribution >= 4 is 49.0 Å². The second-order valence-electron chi connectivity index (χ2n) is 4.89. The summed E-state index contributed by atoms with van der Waals surface area (Å²) in [5.41, 5.74) is 0.854. The van der Waals surface area contributed by atoms with E-state index in [1.807, 2.05) is 6.07 Å². The van der Waals surface area contributed by atoms with Gasteiger partial charge in [-0.05, 0) is 43.3 Å². The standard InChI is InChI=1S/C16H11Br2N3O2/c1-9-20-14-4-2-12(18)7-13(14)16(23)21(9)19-8-10-6-11(17)3-5-15(10)22/h2-8,22H,1H3. The molecule has 0 radical (unpaired) electrons. The fourth-order valence-electron chi connectivity index (χ4n) is 2.14. The SMILES string of the molecule is Cc1nc2ccc(Br)cc2c(=O)n1N=Cc1cc(Br)ccc1O. The Morgan fingerprint density at radius 2 is 1.87 bits per heavy atom. The maximum atomic E-state index is 12.6. The van der Waals surface area contributed by atoms with E-state index in [-0.39, 0.29) is 11.3 Å². The molecule has 1 N–H and O–H groups in total. The van der Waals surface area contributed by atoms with Gasteiger partial charge in [-0.25, -0.2) is 4.98 Å². The van der Waals surface area contributed by atoms with Gasteiger partial charge in [0.15, 0.2) is 0 Å². The summed E-state index contributed by atoms with van der Waals surface area (Å²) < 4.78 is 2.82. The van der Waals surface area contributed by atoms with E-state index in [0.717, 1.165) is 8.95 Å². The van der Waals surface area contributed by atoms with Gasteiger partial charge in [0.1, 0.15) is 11.6 Å². The van der Waals surface area contributed by atoms with Crippen molar-refractivity contribution in [3.05, 3.63) is 67.1 Å². The maximum absolute atomic E-state index is 12.6. The zero-order valence-corrected chi connectivity index (χ0v) is 15.2. The van der Waals surface area contributed by atoms with Crippen molar-refractivity contribution in [1.29, 1.82) is 0 Å². The Labute approximate surface area is 148 Å². The molecule has 0 bridgehead atoms. The van der Waals surface area contributed by atoms with Crippen molar-refractivity contribution in [1.82, 2.24) is 9.66 Å². The highest BCUT2D eigenvalue weighted by atomic mass is 79.9. The number of hydrogen-bond donors (Lipinski definition) is 1. The van der Waals surface area contributed by atoms with Crippen LogP contribution in [0.3, 0.4) is 0 Å². The molecule has 0 unspecified atom stereocenters. The number of nitrogens with zero attached hydrogens (tertiary/aromatic N) is 3. The second-order valence-corrected chi connectivity index (χ2v) is 6.72. The number of phenolic OH excluding ortho intramolecular Hbond substituents is 1. The third-order valence-electron chi connectivity index (χ3n) is 3.27. The molecule has 116 valence electrons. The zero-order chi connectivity index (χ0) is 16.6. The summed E-state index contributed by atoms with van der Waals surface area (Å²) in [5, 5.41) is 14.5. The Hall–Kier alpha value is -1.99. The van der Waals surface area contributed by atoms with Crippen LogP contribution in [-0.2, 0) is 0 Å². The first-order valence-corrected chi connectivity index (χ1v) is 8.26. The average molecular weight is 437 g/mol. The quantitative estimate of drug-likeness (QED) is 0.621. The van der Waals surface area contributed by atoms with Crippen LogP contribution in [0.2, 0.25) is 0 Å². The number of rotatable bonds is 2. The lowest BCUT2D eigenvalue weighted by atomic mass is 10.2. The molecule has 0 aliphatic heterocycles. The van der Waals surface area contributed by atoms with Crippen LogP contribution in [0.5, 0.6) is 5.75 Å². The topological polar surface area (TPSA) is 67.5 Å². The van der Waals surface area contributed by atoms with Crippen LogP contribution in [0.25, 0.3) is 10.9 Å². The van der Waals surface area contributed by atoms with E-state index in [9.17, 15) is 9.90 Å². The fourth-order valence-corrected chi connectivity index (χ4v) is 2.88. The molecule has 0 aliphatic rings. The highest BCUT2D eigenvalue weighted by Gasteiger charge is 2.08. The van der Waals surface area contributed by atoms with E-state index < -0.39 is 0 Å². The third kappa shape index (κ3) is 3.20. The summed E-state index contributed by atoms with van der Waals surface area (Å²) in [7, 11) is 0. The minimum Gasteiger partial charge on any atom is -0.507 e. The second kappa shape index (κ2) is 6.25. The highest BCUT2D eigenvalue weighted by molar-refractivity contribution is 9.10. The number of aryl methyl sites for hydroxylation is 1. The zero-order valence-electron chi connectivity index (χ0n) is 12.0. The van der Waals surface area contributed by atoms with Gasteiger partial charge in [0.25, 0.3) is 5.56 Å². The molecule has 23 heavy (non-hydrogen) atoms. The van der Waals surface area contributed by atoms with Gasteiger partial charge < -0.3 is 5.11 Å². The molecule has 0 amide bonds. The van der Waals surface area contributed by atoms with Gasteiger partial charge in [0, 0.05) is 14.5 Å². The lowest BCUT2D eigenvalue weighted by Gasteiger charge is -2.06. The molecular formula is C16H11Br2N3O2.